The van der Waals surface area contributed by atoms with Crippen LogP contribution in [0, 0.1) is 11.8 Å². The van der Waals surface area contributed by atoms with Crippen molar-refractivity contribution < 1.29 is 9.53 Å². The van der Waals surface area contributed by atoms with Crippen LogP contribution in [0.5, 0.6) is 0 Å². The second-order valence-electron chi connectivity index (χ2n) is 9.22. The van der Waals surface area contributed by atoms with E-state index in [9.17, 15) is 4.79 Å². The van der Waals surface area contributed by atoms with E-state index in [0.717, 1.165) is 31.6 Å². The van der Waals surface area contributed by atoms with Gasteiger partial charge in [0, 0.05) is 0 Å². The van der Waals surface area contributed by atoms with Gasteiger partial charge >= 0.3 is 5.97 Å². The molecule has 0 amide bonds. The Kier molecular flexibility index (Phi) is 20.8. The third-order valence-corrected chi connectivity index (χ3v) is 5.80. The van der Waals surface area contributed by atoms with E-state index in [1.807, 2.05) is 0 Å². The van der Waals surface area contributed by atoms with Crippen molar-refractivity contribution in [2.45, 2.75) is 143 Å². The van der Waals surface area contributed by atoms with E-state index < -0.39 is 0 Å². The topological polar surface area (TPSA) is 26.3 Å². The first-order chi connectivity index (χ1) is 13.6. The molecule has 0 aromatic rings. The fourth-order valence-electron chi connectivity index (χ4n) is 3.91. The van der Waals surface area contributed by atoms with Gasteiger partial charge in [0.1, 0.15) is 0 Å². The maximum Gasteiger partial charge on any atom is 0.308 e. The maximum absolute atomic E-state index is 12.4. The summed E-state index contributed by atoms with van der Waals surface area (Å²) in [6.07, 6.45) is 22.6. The first-order valence-electron chi connectivity index (χ1n) is 12.8. The summed E-state index contributed by atoms with van der Waals surface area (Å²) >= 11 is 0. The molecule has 1 unspecified atom stereocenters. The molecule has 0 aromatic heterocycles. The van der Waals surface area contributed by atoms with Crippen molar-refractivity contribution in [1.29, 1.82) is 0 Å². The Labute approximate surface area is 177 Å². The normalized spacial score (nSPS) is 12.5. The fraction of sp³-hybridized carbons (Fsp3) is 0.962. The molecule has 1 atom stereocenters. The lowest BCUT2D eigenvalue weighted by molar-refractivity contribution is -0.149. The molecule has 0 bridgehead atoms. The molecule has 0 saturated heterocycles. The molecule has 168 valence electrons. The lowest BCUT2D eigenvalue weighted by atomic mass is 9.96. The van der Waals surface area contributed by atoms with E-state index in [4.69, 9.17) is 4.74 Å². The largest absolute Gasteiger partial charge is 0.465 e. The summed E-state index contributed by atoms with van der Waals surface area (Å²) in [5.74, 6) is 1.06. The van der Waals surface area contributed by atoms with Crippen LogP contribution in [0.25, 0.3) is 0 Å². The number of hydrogen-bond donors (Lipinski definition) is 0. The van der Waals surface area contributed by atoms with Gasteiger partial charge in [-0.05, 0) is 25.2 Å². The minimum Gasteiger partial charge on any atom is -0.465 e. The summed E-state index contributed by atoms with van der Waals surface area (Å²) < 4.78 is 5.60. The Bertz CT molecular complexity index is 324. The lowest BCUT2D eigenvalue weighted by Gasteiger charge is -2.15. The maximum atomic E-state index is 12.4. The molecule has 0 aromatic carbocycles. The lowest BCUT2D eigenvalue weighted by Crippen LogP contribution is -2.18. The summed E-state index contributed by atoms with van der Waals surface area (Å²) in [6, 6.07) is 0. The zero-order chi connectivity index (χ0) is 20.9. The zero-order valence-electron chi connectivity index (χ0n) is 19.9. The second kappa shape index (κ2) is 21.2. The standard InChI is InChI=1S/C26H52O2/c1-5-7-8-9-15-18-22-25(20-6-2)26(27)28-23-19-16-13-11-10-12-14-17-21-24(3)4/h24-25H,5-23H2,1-4H3. The molecule has 0 saturated carbocycles. The van der Waals surface area contributed by atoms with E-state index in [2.05, 4.69) is 27.7 Å². The molecule has 2 heteroatoms. The number of carbonyl (C=O) groups excluding carboxylic acids is 1. The van der Waals surface area contributed by atoms with Crippen molar-refractivity contribution in [3.8, 4) is 0 Å². The third-order valence-electron chi connectivity index (χ3n) is 5.80. The van der Waals surface area contributed by atoms with E-state index in [-0.39, 0.29) is 11.9 Å². The van der Waals surface area contributed by atoms with Gasteiger partial charge in [0.2, 0.25) is 0 Å². The number of esters is 1. The monoisotopic (exact) mass is 396 g/mol. The number of carbonyl (C=O) groups is 1. The predicted molar refractivity (Wildman–Crippen MR) is 124 cm³/mol. The summed E-state index contributed by atoms with van der Waals surface area (Å²) in [4.78, 5) is 12.4. The first-order valence-corrected chi connectivity index (χ1v) is 12.8. The SMILES string of the molecule is CCCCCCCCC(CCC)C(=O)OCCCCCCCCCCC(C)C. The van der Waals surface area contributed by atoms with Gasteiger partial charge in [-0.2, -0.15) is 0 Å². The van der Waals surface area contributed by atoms with Crippen molar-refractivity contribution in [3.05, 3.63) is 0 Å². The number of unbranched alkanes of at least 4 members (excludes halogenated alkanes) is 12. The van der Waals surface area contributed by atoms with Gasteiger partial charge in [-0.1, -0.05) is 124 Å². The molecule has 0 aliphatic rings. The van der Waals surface area contributed by atoms with Crippen LogP contribution in [-0.4, -0.2) is 12.6 Å². The summed E-state index contributed by atoms with van der Waals surface area (Å²) in [6.45, 7) is 9.68. The van der Waals surface area contributed by atoms with Crippen molar-refractivity contribution in [1.82, 2.24) is 0 Å². The van der Waals surface area contributed by atoms with E-state index in [0.29, 0.717) is 6.61 Å². The molecule has 0 heterocycles. The molecule has 2 nitrogen and oxygen atoms in total. The van der Waals surface area contributed by atoms with Crippen LogP contribution in [0.4, 0.5) is 0 Å². The first kappa shape index (κ1) is 27.5. The molecule has 0 aliphatic carbocycles. The highest BCUT2D eigenvalue weighted by Gasteiger charge is 2.18. The molecule has 0 N–H and O–H groups in total. The van der Waals surface area contributed by atoms with E-state index in [1.165, 1.54) is 89.9 Å². The van der Waals surface area contributed by atoms with Crippen molar-refractivity contribution >= 4 is 5.97 Å². The van der Waals surface area contributed by atoms with Gasteiger partial charge in [0.05, 0.1) is 12.5 Å². The molecule has 0 rings (SSSR count). The van der Waals surface area contributed by atoms with Crippen molar-refractivity contribution in [2.75, 3.05) is 6.61 Å². The quantitative estimate of drug-likeness (QED) is 0.143. The minimum atomic E-state index is 0.0700. The molecule has 0 fully saturated rings. The Morgan fingerprint density at radius 3 is 1.64 bits per heavy atom. The van der Waals surface area contributed by atoms with Crippen LogP contribution in [0.2, 0.25) is 0 Å². The van der Waals surface area contributed by atoms with Crippen LogP contribution in [0.15, 0.2) is 0 Å². The van der Waals surface area contributed by atoms with Crippen molar-refractivity contribution in [3.63, 3.8) is 0 Å². The highest BCUT2D eigenvalue weighted by Crippen LogP contribution is 2.19. The Hall–Kier alpha value is -0.530. The molecular weight excluding hydrogens is 344 g/mol. The Morgan fingerprint density at radius 2 is 1.11 bits per heavy atom. The molecule has 0 aliphatic heterocycles. The smallest absolute Gasteiger partial charge is 0.308 e. The second-order valence-corrected chi connectivity index (χ2v) is 9.22. The number of hydrogen-bond acceptors (Lipinski definition) is 2. The van der Waals surface area contributed by atoms with Crippen LogP contribution in [0.3, 0.4) is 0 Å². The summed E-state index contributed by atoms with van der Waals surface area (Å²) in [5.41, 5.74) is 0. The molecular formula is C26H52O2. The van der Waals surface area contributed by atoms with Crippen LogP contribution < -0.4 is 0 Å². The Morgan fingerprint density at radius 1 is 0.607 bits per heavy atom. The average molecular weight is 397 g/mol. The summed E-state index contributed by atoms with van der Waals surface area (Å²) in [7, 11) is 0. The third kappa shape index (κ3) is 18.8. The van der Waals surface area contributed by atoms with E-state index in [1.54, 1.807) is 0 Å². The molecule has 0 spiro atoms. The fourth-order valence-corrected chi connectivity index (χ4v) is 3.91. The van der Waals surface area contributed by atoms with Gasteiger partial charge in [-0.3, -0.25) is 4.79 Å². The van der Waals surface area contributed by atoms with Crippen LogP contribution in [-0.2, 0) is 9.53 Å². The van der Waals surface area contributed by atoms with E-state index >= 15 is 0 Å². The van der Waals surface area contributed by atoms with Crippen LogP contribution in [0.1, 0.15) is 143 Å². The Balaban J connectivity index is 3.58. The summed E-state index contributed by atoms with van der Waals surface area (Å²) in [5, 5.41) is 0. The van der Waals surface area contributed by atoms with Gasteiger partial charge in [0.15, 0.2) is 0 Å². The number of ether oxygens (including phenoxy) is 1. The van der Waals surface area contributed by atoms with Gasteiger partial charge < -0.3 is 4.74 Å². The van der Waals surface area contributed by atoms with Gasteiger partial charge in [-0.25, -0.2) is 0 Å². The molecule has 0 radical (unpaired) electrons. The highest BCUT2D eigenvalue weighted by atomic mass is 16.5. The molecule has 28 heavy (non-hydrogen) atoms. The van der Waals surface area contributed by atoms with Crippen LogP contribution >= 0.6 is 0 Å². The highest BCUT2D eigenvalue weighted by molar-refractivity contribution is 5.72. The van der Waals surface area contributed by atoms with Gasteiger partial charge in [-0.15, -0.1) is 0 Å². The minimum absolute atomic E-state index is 0.0700. The predicted octanol–water partition coefficient (Wildman–Crippen LogP) is 8.86. The zero-order valence-corrected chi connectivity index (χ0v) is 19.9. The average Bonchev–Trinajstić information content (AvgIpc) is 2.67. The number of rotatable bonds is 21. The van der Waals surface area contributed by atoms with Crippen molar-refractivity contribution in [2.24, 2.45) is 11.8 Å². The van der Waals surface area contributed by atoms with Gasteiger partial charge in [0.25, 0.3) is 0 Å².